The summed E-state index contributed by atoms with van der Waals surface area (Å²) in [5, 5.41) is 24.5. The number of nitriles is 2. The van der Waals surface area contributed by atoms with E-state index in [2.05, 4.69) is 22.4 Å². The molecule has 0 amide bonds. The largest absolute Gasteiger partial charge is 0.386 e. The van der Waals surface area contributed by atoms with Crippen molar-refractivity contribution in [3.8, 4) is 12.1 Å². The van der Waals surface area contributed by atoms with Crippen molar-refractivity contribution in [1.82, 2.24) is 5.32 Å². The van der Waals surface area contributed by atoms with Crippen molar-refractivity contribution in [2.24, 2.45) is 21.6 Å². The average Bonchev–Trinajstić information content (AvgIpc) is 3.27. The lowest BCUT2D eigenvalue weighted by Gasteiger charge is -2.51. The Labute approximate surface area is 158 Å². The SMILES string of the molecule is COC1(OC)N=C(N)[C@]2(C#N)[C@H](c3ccccc3)NC3=C(CCC3)[C@]12C#N. The van der Waals surface area contributed by atoms with E-state index in [0.29, 0.717) is 6.42 Å². The molecule has 4 rings (SSSR count). The Morgan fingerprint density at radius 2 is 1.85 bits per heavy atom. The molecule has 0 saturated carbocycles. The second-order valence-electron chi connectivity index (χ2n) is 7.07. The lowest BCUT2D eigenvalue weighted by molar-refractivity contribution is -0.253. The Morgan fingerprint density at radius 1 is 1.15 bits per heavy atom. The quantitative estimate of drug-likeness (QED) is 0.795. The van der Waals surface area contributed by atoms with Crippen LogP contribution >= 0.6 is 0 Å². The van der Waals surface area contributed by atoms with Crippen LogP contribution in [0, 0.1) is 33.5 Å². The first-order valence-electron chi connectivity index (χ1n) is 8.89. The minimum atomic E-state index is -1.67. The van der Waals surface area contributed by atoms with Gasteiger partial charge < -0.3 is 20.5 Å². The first-order valence-corrected chi connectivity index (χ1v) is 8.89. The number of methoxy groups -OCH3 is 2. The van der Waals surface area contributed by atoms with Crippen LogP contribution in [0.5, 0.6) is 0 Å². The lowest BCUT2D eigenvalue weighted by Crippen LogP contribution is -2.63. The molecular formula is C20H21N5O2. The molecule has 0 aromatic heterocycles. The summed E-state index contributed by atoms with van der Waals surface area (Å²) in [7, 11) is 2.86. The molecular weight excluding hydrogens is 342 g/mol. The number of nitrogens with zero attached hydrogens (tertiary/aromatic N) is 3. The molecule has 7 nitrogen and oxygen atoms in total. The average molecular weight is 363 g/mol. The molecule has 1 aromatic rings. The van der Waals surface area contributed by atoms with Crippen LogP contribution in [-0.4, -0.2) is 26.0 Å². The summed E-state index contributed by atoms with van der Waals surface area (Å²) in [4.78, 5) is 4.45. The molecule has 0 unspecified atom stereocenters. The molecule has 3 aliphatic rings. The van der Waals surface area contributed by atoms with Gasteiger partial charge in [-0.25, -0.2) is 4.99 Å². The predicted molar refractivity (Wildman–Crippen MR) is 97.7 cm³/mol. The van der Waals surface area contributed by atoms with Crippen molar-refractivity contribution in [2.75, 3.05) is 14.2 Å². The molecule has 3 atom stereocenters. The van der Waals surface area contributed by atoms with E-state index >= 15 is 0 Å². The number of allylic oxidation sites excluding steroid dienone is 1. The molecule has 3 N–H and O–H groups in total. The predicted octanol–water partition coefficient (Wildman–Crippen LogP) is 2.11. The zero-order chi connectivity index (χ0) is 19.3. The summed E-state index contributed by atoms with van der Waals surface area (Å²) in [5.41, 5.74) is 6.08. The third-order valence-electron chi connectivity index (χ3n) is 6.19. The highest BCUT2D eigenvalue weighted by molar-refractivity contribution is 5.96. The fourth-order valence-electron chi connectivity index (χ4n) is 5.06. The van der Waals surface area contributed by atoms with Gasteiger partial charge in [0.05, 0.1) is 18.2 Å². The highest BCUT2D eigenvalue weighted by Crippen LogP contribution is 2.67. The number of fused-ring (bicyclic) bond motifs is 2. The van der Waals surface area contributed by atoms with Gasteiger partial charge in [-0.3, -0.25) is 0 Å². The molecule has 0 fully saturated rings. The Morgan fingerprint density at radius 3 is 2.44 bits per heavy atom. The molecule has 1 aliphatic carbocycles. The fraction of sp³-hybridized carbons (Fsp3) is 0.450. The maximum absolute atomic E-state index is 10.5. The van der Waals surface area contributed by atoms with Crippen molar-refractivity contribution >= 4 is 5.84 Å². The van der Waals surface area contributed by atoms with Gasteiger partial charge in [-0.2, -0.15) is 10.5 Å². The monoisotopic (exact) mass is 363 g/mol. The number of hydrogen-bond acceptors (Lipinski definition) is 7. The van der Waals surface area contributed by atoms with E-state index < -0.39 is 22.8 Å². The van der Waals surface area contributed by atoms with Gasteiger partial charge in [0.25, 0.3) is 5.91 Å². The Balaban J connectivity index is 2.10. The van der Waals surface area contributed by atoms with Crippen molar-refractivity contribution in [2.45, 2.75) is 31.2 Å². The van der Waals surface area contributed by atoms with Gasteiger partial charge in [-0.05, 0) is 30.4 Å². The minimum absolute atomic E-state index is 0.0510. The maximum atomic E-state index is 10.5. The molecule has 138 valence electrons. The summed E-state index contributed by atoms with van der Waals surface area (Å²) < 4.78 is 11.4. The third-order valence-corrected chi connectivity index (χ3v) is 6.19. The van der Waals surface area contributed by atoms with Crippen LogP contribution in [0.15, 0.2) is 46.6 Å². The van der Waals surface area contributed by atoms with E-state index in [4.69, 9.17) is 15.2 Å². The van der Waals surface area contributed by atoms with Crippen molar-refractivity contribution < 1.29 is 9.47 Å². The first kappa shape index (κ1) is 17.5. The fourth-order valence-corrected chi connectivity index (χ4v) is 5.06. The smallest absolute Gasteiger partial charge is 0.296 e. The molecule has 27 heavy (non-hydrogen) atoms. The zero-order valence-corrected chi connectivity index (χ0v) is 15.3. The van der Waals surface area contributed by atoms with Gasteiger partial charge in [-0.15, -0.1) is 0 Å². The van der Waals surface area contributed by atoms with E-state index in [0.717, 1.165) is 29.7 Å². The third kappa shape index (κ3) is 1.78. The van der Waals surface area contributed by atoms with Gasteiger partial charge in [0, 0.05) is 19.9 Å². The normalized spacial score (nSPS) is 33.3. The van der Waals surface area contributed by atoms with Crippen molar-refractivity contribution in [3.63, 3.8) is 0 Å². The molecule has 2 aliphatic heterocycles. The van der Waals surface area contributed by atoms with E-state index in [-0.39, 0.29) is 5.84 Å². The number of aliphatic imine (C=N–C) groups is 1. The number of benzene rings is 1. The second kappa shape index (κ2) is 5.82. The van der Waals surface area contributed by atoms with Crippen LogP contribution in [0.1, 0.15) is 30.9 Å². The van der Waals surface area contributed by atoms with Crippen molar-refractivity contribution in [3.05, 3.63) is 47.2 Å². The molecule has 0 spiro atoms. The van der Waals surface area contributed by atoms with E-state index in [1.54, 1.807) is 0 Å². The van der Waals surface area contributed by atoms with Gasteiger partial charge in [0.1, 0.15) is 5.84 Å². The zero-order valence-electron chi connectivity index (χ0n) is 15.3. The number of ether oxygens (including phenoxy) is 2. The number of nitrogens with two attached hydrogens (primary N) is 1. The van der Waals surface area contributed by atoms with Crippen LogP contribution in [-0.2, 0) is 9.47 Å². The maximum Gasteiger partial charge on any atom is 0.296 e. The van der Waals surface area contributed by atoms with E-state index in [9.17, 15) is 10.5 Å². The van der Waals surface area contributed by atoms with Gasteiger partial charge in [0.2, 0.25) is 0 Å². The van der Waals surface area contributed by atoms with E-state index in [1.807, 2.05) is 30.3 Å². The highest BCUT2D eigenvalue weighted by Gasteiger charge is 2.79. The number of nitrogens with one attached hydrogen (secondary N) is 1. The number of amidine groups is 1. The molecule has 0 radical (unpaired) electrons. The van der Waals surface area contributed by atoms with Gasteiger partial charge in [0.15, 0.2) is 10.8 Å². The van der Waals surface area contributed by atoms with Gasteiger partial charge in [-0.1, -0.05) is 30.3 Å². The standard InChI is InChI=1S/C20H21N5O2/c1-26-20(27-2)19(12-22)14-9-6-10-15(14)24-16(13-7-4-3-5-8-13)18(19,11-21)17(23)25-20/h3-5,7-8,16,24H,6,9-10H2,1-2H3,(H2,23,25)/t16-,18-,19-/m0/s1. The van der Waals surface area contributed by atoms with Crippen LogP contribution in [0.2, 0.25) is 0 Å². The summed E-state index contributed by atoms with van der Waals surface area (Å²) in [5.74, 6) is -1.61. The highest BCUT2D eigenvalue weighted by atomic mass is 16.7. The molecule has 0 saturated heterocycles. The summed E-state index contributed by atoms with van der Waals surface area (Å²) in [6.45, 7) is 0. The number of hydrogen-bond donors (Lipinski definition) is 2. The van der Waals surface area contributed by atoms with E-state index in [1.165, 1.54) is 14.2 Å². The van der Waals surface area contributed by atoms with Crippen LogP contribution in [0.25, 0.3) is 0 Å². The van der Waals surface area contributed by atoms with Gasteiger partial charge >= 0.3 is 0 Å². The molecule has 7 heteroatoms. The second-order valence-corrected chi connectivity index (χ2v) is 7.07. The lowest BCUT2D eigenvalue weighted by atomic mass is 9.53. The molecule has 0 bridgehead atoms. The molecule has 2 heterocycles. The summed E-state index contributed by atoms with van der Waals surface area (Å²) >= 11 is 0. The first-order chi connectivity index (χ1) is 13.1. The molecule has 1 aromatic carbocycles. The van der Waals surface area contributed by atoms with Crippen LogP contribution in [0.3, 0.4) is 0 Å². The Hall–Kier alpha value is -2.87. The summed E-state index contributed by atoms with van der Waals surface area (Å²) in [6, 6.07) is 13.8. The minimum Gasteiger partial charge on any atom is -0.386 e. The Kier molecular flexibility index (Phi) is 3.78. The summed E-state index contributed by atoms with van der Waals surface area (Å²) in [6.07, 6.45) is 2.35. The van der Waals surface area contributed by atoms with Crippen LogP contribution in [0.4, 0.5) is 0 Å². The van der Waals surface area contributed by atoms with Crippen LogP contribution < -0.4 is 11.1 Å². The number of rotatable bonds is 3. The topological polar surface area (TPSA) is 116 Å². The van der Waals surface area contributed by atoms with Crippen molar-refractivity contribution in [1.29, 1.82) is 10.5 Å². The Bertz CT molecular complexity index is 922.